The van der Waals surface area contributed by atoms with E-state index in [1.54, 1.807) is 0 Å². The van der Waals surface area contributed by atoms with Crippen molar-refractivity contribution in [3.63, 3.8) is 0 Å². The first-order valence-corrected chi connectivity index (χ1v) is 11.3. The third-order valence-electron chi connectivity index (χ3n) is 6.00. The molecular weight excluding hydrogens is 459 g/mol. The molecule has 3 fully saturated rings. The van der Waals surface area contributed by atoms with Crippen molar-refractivity contribution in [1.82, 2.24) is 15.5 Å². The summed E-state index contributed by atoms with van der Waals surface area (Å²) in [4.78, 5) is 7.70. The van der Waals surface area contributed by atoms with E-state index in [2.05, 4.69) is 41.1 Å². The number of morpholine rings is 1. The number of rotatable bonds is 5. The highest BCUT2D eigenvalue weighted by Crippen LogP contribution is 2.34. The lowest BCUT2D eigenvalue weighted by Crippen LogP contribution is -2.56. The van der Waals surface area contributed by atoms with E-state index in [4.69, 9.17) is 9.73 Å². The van der Waals surface area contributed by atoms with E-state index in [1.807, 2.05) is 0 Å². The number of nitrogens with zero attached hydrogens (tertiary/aromatic N) is 2. The molecule has 0 spiro atoms. The van der Waals surface area contributed by atoms with E-state index in [0.29, 0.717) is 6.04 Å². The molecule has 0 aromatic heterocycles. The lowest BCUT2D eigenvalue weighted by Gasteiger charge is -2.42. The minimum absolute atomic E-state index is 0. The Hall–Kier alpha value is 0.270. The van der Waals surface area contributed by atoms with Gasteiger partial charge in [-0.1, -0.05) is 6.92 Å². The van der Waals surface area contributed by atoms with Crippen molar-refractivity contribution >= 4 is 41.7 Å². The van der Waals surface area contributed by atoms with Crippen LogP contribution >= 0.6 is 35.7 Å². The van der Waals surface area contributed by atoms with E-state index < -0.39 is 0 Å². The van der Waals surface area contributed by atoms with Crippen LogP contribution in [0.15, 0.2) is 4.99 Å². The van der Waals surface area contributed by atoms with Gasteiger partial charge in [0.05, 0.1) is 25.3 Å². The lowest BCUT2D eigenvalue weighted by molar-refractivity contribution is -0.0104. The molecule has 0 radical (unpaired) electrons. The fraction of sp³-hybridized carbons (Fsp3) is 0.947. The Morgan fingerprint density at radius 1 is 1.23 bits per heavy atom. The molecule has 5 nitrogen and oxygen atoms in total. The summed E-state index contributed by atoms with van der Waals surface area (Å²) < 4.78 is 5.57. The summed E-state index contributed by atoms with van der Waals surface area (Å²) in [6, 6.07) is 0.589. The van der Waals surface area contributed by atoms with Crippen molar-refractivity contribution in [2.45, 2.75) is 57.5 Å². The van der Waals surface area contributed by atoms with E-state index in [-0.39, 0.29) is 29.5 Å². The molecule has 1 unspecified atom stereocenters. The summed E-state index contributed by atoms with van der Waals surface area (Å²) in [7, 11) is 0. The van der Waals surface area contributed by atoms with Crippen LogP contribution in [0.3, 0.4) is 0 Å². The van der Waals surface area contributed by atoms with Crippen LogP contribution < -0.4 is 10.6 Å². The largest absolute Gasteiger partial charge is 0.379 e. The molecule has 26 heavy (non-hydrogen) atoms. The SMILES string of the molecule is CCNC(=NCC1(N2CCOCC2)CCSC1)NC1CCC(C)CC1.I. The smallest absolute Gasteiger partial charge is 0.191 e. The topological polar surface area (TPSA) is 48.9 Å². The maximum Gasteiger partial charge on any atom is 0.191 e. The first-order chi connectivity index (χ1) is 12.2. The van der Waals surface area contributed by atoms with E-state index >= 15 is 0 Å². The van der Waals surface area contributed by atoms with Crippen LogP contribution in [0.25, 0.3) is 0 Å². The molecule has 1 saturated carbocycles. The molecule has 3 aliphatic rings. The number of halogens is 1. The maximum absolute atomic E-state index is 5.57. The highest BCUT2D eigenvalue weighted by atomic mass is 127. The second-order valence-electron chi connectivity index (χ2n) is 7.92. The normalized spacial score (nSPS) is 33.5. The fourth-order valence-corrected chi connectivity index (χ4v) is 5.72. The van der Waals surface area contributed by atoms with E-state index in [0.717, 1.165) is 51.3 Å². The molecule has 0 aromatic carbocycles. The molecule has 2 saturated heterocycles. The number of aliphatic imine (C=N–C) groups is 1. The maximum atomic E-state index is 5.57. The molecule has 152 valence electrons. The third-order valence-corrected chi connectivity index (χ3v) is 7.23. The van der Waals surface area contributed by atoms with Gasteiger partial charge in [-0.15, -0.1) is 24.0 Å². The minimum Gasteiger partial charge on any atom is -0.379 e. The van der Waals surface area contributed by atoms with Crippen LogP contribution in [0.2, 0.25) is 0 Å². The van der Waals surface area contributed by atoms with Gasteiger partial charge in [0.25, 0.3) is 0 Å². The van der Waals surface area contributed by atoms with Crippen molar-refractivity contribution in [1.29, 1.82) is 0 Å². The number of nitrogens with one attached hydrogen (secondary N) is 2. The van der Waals surface area contributed by atoms with Gasteiger partial charge in [-0.3, -0.25) is 9.89 Å². The van der Waals surface area contributed by atoms with Gasteiger partial charge in [-0.05, 0) is 50.7 Å². The van der Waals surface area contributed by atoms with Crippen molar-refractivity contribution < 1.29 is 4.74 Å². The predicted molar refractivity (Wildman–Crippen MR) is 123 cm³/mol. The Balaban J connectivity index is 0.00000243. The average Bonchev–Trinajstić information content (AvgIpc) is 3.13. The van der Waals surface area contributed by atoms with Gasteiger partial charge in [-0.25, -0.2) is 0 Å². The second-order valence-corrected chi connectivity index (χ2v) is 9.03. The highest BCUT2D eigenvalue weighted by molar-refractivity contribution is 14.0. The van der Waals surface area contributed by atoms with Crippen LogP contribution in [0.5, 0.6) is 0 Å². The fourth-order valence-electron chi connectivity index (χ4n) is 4.25. The summed E-state index contributed by atoms with van der Waals surface area (Å²) in [5.41, 5.74) is 0.234. The van der Waals surface area contributed by atoms with Crippen molar-refractivity contribution in [2.24, 2.45) is 10.9 Å². The molecule has 3 rings (SSSR count). The molecule has 1 aliphatic carbocycles. The predicted octanol–water partition coefficient (Wildman–Crippen LogP) is 2.95. The van der Waals surface area contributed by atoms with Crippen LogP contribution in [0, 0.1) is 5.92 Å². The molecule has 2 N–H and O–H groups in total. The van der Waals surface area contributed by atoms with Gasteiger partial charge in [0.1, 0.15) is 0 Å². The Morgan fingerprint density at radius 3 is 2.58 bits per heavy atom. The Kier molecular flexibility index (Phi) is 9.82. The number of hydrogen-bond acceptors (Lipinski definition) is 4. The molecule has 0 aromatic rings. The molecule has 2 heterocycles. The Morgan fingerprint density at radius 2 is 1.96 bits per heavy atom. The molecule has 1 atom stereocenters. The van der Waals surface area contributed by atoms with Crippen LogP contribution in [0.4, 0.5) is 0 Å². The van der Waals surface area contributed by atoms with Crippen molar-refractivity contribution in [3.8, 4) is 0 Å². The zero-order chi connectivity index (χ0) is 17.5. The quantitative estimate of drug-likeness (QED) is 0.348. The lowest BCUT2D eigenvalue weighted by atomic mass is 9.87. The van der Waals surface area contributed by atoms with E-state index in [9.17, 15) is 0 Å². The minimum atomic E-state index is 0. The monoisotopic (exact) mass is 496 g/mol. The standard InChI is InChI=1S/C19H36N4OS.HI/c1-3-20-18(22-17-6-4-16(2)5-7-17)21-14-19(8-13-25-15-19)23-9-11-24-12-10-23;/h16-17H,3-15H2,1-2H3,(H2,20,21,22);1H. The zero-order valence-corrected chi connectivity index (χ0v) is 19.6. The number of guanidine groups is 1. The summed E-state index contributed by atoms with van der Waals surface area (Å²) >= 11 is 2.08. The molecule has 7 heteroatoms. The first-order valence-electron chi connectivity index (χ1n) is 10.2. The van der Waals surface area contributed by atoms with Gasteiger partial charge < -0.3 is 15.4 Å². The van der Waals surface area contributed by atoms with E-state index in [1.165, 1.54) is 43.6 Å². The van der Waals surface area contributed by atoms with Crippen LogP contribution in [-0.2, 0) is 4.74 Å². The third kappa shape index (κ3) is 6.14. The molecule has 2 aliphatic heterocycles. The van der Waals surface area contributed by atoms with Gasteiger partial charge in [-0.2, -0.15) is 11.8 Å². The van der Waals surface area contributed by atoms with Crippen LogP contribution in [0.1, 0.15) is 46.0 Å². The highest BCUT2D eigenvalue weighted by Gasteiger charge is 2.40. The second kappa shape index (κ2) is 11.3. The number of ether oxygens (including phenoxy) is 1. The molecule has 0 bridgehead atoms. The summed E-state index contributed by atoms with van der Waals surface area (Å²) in [6.45, 7) is 10.2. The van der Waals surface area contributed by atoms with Crippen LogP contribution in [-0.4, -0.2) is 73.3 Å². The summed E-state index contributed by atoms with van der Waals surface area (Å²) in [5.74, 6) is 4.37. The summed E-state index contributed by atoms with van der Waals surface area (Å²) in [6.07, 6.45) is 6.48. The number of hydrogen-bond donors (Lipinski definition) is 2. The van der Waals surface area contributed by atoms with Gasteiger partial charge in [0, 0.05) is 31.4 Å². The molecule has 0 amide bonds. The van der Waals surface area contributed by atoms with Gasteiger partial charge in [0.2, 0.25) is 0 Å². The van der Waals surface area contributed by atoms with Gasteiger partial charge >= 0.3 is 0 Å². The number of thioether (sulfide) groups is 1. The van der Waals surface area contributed by atoms with Crippen molar-refractivity contribution in [2.75, 3.05) is 50.9 Å². The van der Waals surface area contributed by atoms with Crippen molar-refractivity contribution in [3.05, 3.63) is 0 Å². The Bertz CT molecular complexity index is 431. The average molecular weight is 497 g/mol. The zero-order valence-electron chi connectivity index (χ0n) is 16.5. The first kappa shape index (κ1) is 22.6. The molecular formula is C19H37IN4OS. The Labute approximate surface area is 180 Å². The van der Waals surface area contributed by atoms with Gasteiger partial charge in [0.15, 0.2) is 5.96 Å². The summed E-state index contributed by atoms with van der Waals surface area (Å²) in [5, 5.41) is 7.18.